The lowest BCUT2D eigenvalue weighted by Gasteiger charge is -2.07. The third-order valence-corrected chi connectivity index (χ3v) is 2.29. The summed E-state index contributed by atoms with van der Waals surface area (Å²) in [6.07, 6.45) is 1.86. The van der Waals surface area contributed by atoms with Gasteiger partial charge in [-0.15, -0.1) is 0 Å². The molecular formula is C12H13N. The van der Waals surface area contributed by atoms with Crippen LogP contribution in [0, 0.1) is 0 Å². The van der Waals surface area contributed by atoms with Gasteiger partial charge in [0.2, 0.25) is 0 Å². The van der Waals surface area contributed by atoms with Gasteiger partial charge in [-0.1, -0.05) is 38.1 Å². The summed E-state index contributed by atoms with van der Waals surface area (Å²) in [6.45, 7) is 4.40. The standard InChI is InChI=1S/C12H13N/c1-9(2)11-7-3-5-10-6-4-8-13-12(10)11/h3-9H,1-2H3. The number of hydrogen-bond acceptors (Lipinski definition) is 1. The highest BCUT2D eigenvalue weighted by Crippen LogP contribution is 2.22. The van der Waals surface area contributed by atoms with Gasteiger partial charge in [-0.3, -0.25) is 4.98 Å². The zero-order valence-corrected chi connectivity index (χ0v) is 7.99. The molecule has 1 nitrogen and oxygen atoms in total. The largest absolute Gasteiger partial charge is 0.256 e. The lowest BCUT2D eigenvalue weighted by molar-refractivity contribution is 0.873. The first-order valence-electron chi connectivity index (χ1n) is 4.62. The van der Waals surface area contributed by atoms with Crippen LogP contribution in [0.3, 0.4) is 0 Å². The van der Waals surface area contributed by atoms with E-state index in [4.69, 9.17) is 0 Å². The van der Waals surface area contributed by atoms with Crippen molar-refractivity contribution < 1.29 is 0 Å². The summed E-state index contributed by atoms with van der Waals surface area (Å²) < 4.78 is 0. The number of aromatic nitrogens is 1. The summed E-state index contributed by atoms with van der Waals surface area (Å²) >= 11 is 0. The number of hydrogen-bond donors (Lipinski definition) is 0. The highest BCUT2D eigenvalue weighted by molar-refractivity contribution is 5.81. The van der Waals surface area contributed by atoms with Crippen molar-refractivity contribution in [3.8, 4) is 0 Å². The second-order valence-electron chi connectivity index (χ2n) is 3.58. The first kappa shape index (κ1) is 8.24. The third kappa shape index (κ3) is 1.42. The maximum atomic E-state index is 4.40. The van der Waals surface area contributed by atoms with Crippen molar-refractivity contribution in [3.05, 3.63) is 42.1 Å². The molecule has 66 valence electrons. The van der Waals surface area contributed by atoms with Crippen LogP contribution in [0.15, 0.2) is 36.5 Å². The van der Waals surface area contributed by atoms with Crippen molar-refractivity contribution in [2.24, 2.45) is 0 Å². The summed E-state index contributed by atoms with van der Waals surface area (Å²) in [5.74, 6) is 0.540. The average Bonchev–Trinajstić information content (AvgIpc) is 2.17. The normalized spacial score (nSPS) is 11.0. The minimum absolute atomic E-state index is 0.540. The summed E-state index contributed by atoms with van der Waals surface area (Å²) in [7, 11) is 0. The van der Waals surface area contributed by atoms with Gasteiger partial charge in [0.25, 0.3) is 0 Å². The highest BCUT2D eigenvalue weighted by atomic mass is 14.6. The number of nitrogens with zero attached hydrogens (tertiary/aromatic N) is 1. The smallest absolute Gasteiger partial charge is 0.0736 e. The van der Waals surface area contributed by atoms with Crippen LogP contribution < -0.4 is 0 Å². The highest BCUT2D eigenvalue weighted by Gasteiger charge is 2.04. The number of rotatable bonds is 1. The molecule has 0 amide bonds. The summed E-state index contributed by atoms with van der Waals surface area (Å²) in [5.41, 5.74) is 2.47. The van der Waals surface area contributed by atoms with Crippen LogP contribution in [0.2, 0.25) is 0 Å². The predicted molar refractivity (Wildman–Crippen MR) is 55.8 cm³/mol. The molecular weight excluding hydrogens is 158 g/mol. The molecule has 0 aliphatic heterocycles. The number of benzene rings is 1. The fraction of sp³-hybridized carbons (Fsp3) is 0.250. The number of pyridine rings is 1. The number of fused-ring (bicyclic) bond motifs is 1. The Kier molecular flexibility index (Phi) is 2.01. The Morgan fingerprint density at radius 3 is 2.62 bits per heavy atom. The molecule has 0 N–H and O–H groups in total. The first-order valence-corrected chi connectivity index (χ1v) is 4.62. The molecule has 1 heteroatoms. The molecule has 13 heavy (non-hydrogen) atoms. The van der Waals surface area contributed by atoms with Gasteiger partial charge in [0.1, 0.15) is 0 Å². The van der Waals surface area contributed by atoms with Crippen molar-refractivity contribution in [2.75, 3.05) is 0 Å². The number of para-hydroxylation sites is 1. The maximum absolute atomic E-state index is 4.40. The van der Waals surface area contributed by atoms with E-state index in [1.807, 2.05) is 12.3 Å². The molecule has 1 heterocycles. The Bertz CT molecular complexity index is 413. The van der Waals surface area contributed by atoms with E-state index in [-0.39, 0.29) is 0 Å². The molecule has 0 atom stereocenters. The lowest BCUT2D eigenvalue weighted by atomic mass is 10.00. The van der Waals surface area contributed by atoms with Gasteiger partial charge < -0.3 is 0 Å². The van der Waals surface area contributed by atoms with Gasteiger partial charge in [0.05, 0.1) is 5.52 Å². The molecule has 0 bridgehead atoms. The van der Waals surface area contributed by atoms with Crippen LogP contribution in [0.1, 0.15) is 25.3 Å². The van der Waals surface area contributed by atoms with E-state index in [9.17, 15) is 0 Å². The molecule has 0 saturated carbocycles. The van der Waals surface area contributed by atoms with Gasteiger partial charge >= 0.3 is 0 Å². The molecule has 0 aliphatic rings. The third-order valence-electron chi connectivity index (χ3n) is 2.29. The average molecular weight is 171 g/mol. The van der Waals surface area contributed by atoms with Gasteiger partial charge in [-0.05, 0) is 17.5 Å². The van der Waals surface area contributed by atoms with E-state index in [0.29, 0.717) is 5.92 Å². The van der Waals surface area contributed by atoms with Crippen molar-refractivity contribution in [3.63, 3.8) is 0 Å². The topological polar surface area (TPSA) is 12.9 Å². The molecule has 0 aliphatic carbocycles. The quantitative estimate of drug-likeness (QED) is 0.641. The Morgan fingerprint density at radius 1 is 1.08 bits per heavy atom. The fourth-order valence-corrected chi connectivity index (χ4v) is 1.59. The van der Waals surface area contributed by atoms with Crippen molar-refractivity contribution in [1.82, 2.24) is 4.98 Å². The molecule has 0 unspecified atom stereocenters. The van der Waals surface area contributed by atoms with Crippen LogP contribution in [0.25, 0.3) is 10.9 Å². The Balaban J connectivity index is 2.76. The molecule has 1 aromatic carbocycles. The Morgan fingerprint density at radius 2 is 1.85 bits per heavy atom. The SMILES string of the molecule is CC(C)c1cccc2cccnc12. The van der Waals surface area contributed by atoms with E-state index in [0.717, 1.165) is 5.52 Å². The van der Waals surface area contributed by atoms with Crippen LogP contribution in [-0.2, 0) is 0 Å². The predicted octanol–water partition coefficient (Wildman–Crippen LogP) is 3.36. The zero-order valence-electron chi connectivity index (χ0n) is 7.99. The van der Waals surface area contributed by atoms with Gasteiger partial charge in [-0.2, -0.15) is 0 Å². The van der Waals surface area contributed by atoms with E-state index in [2.05, 4.69) is 43.1 Å². The first-order chi connectivity index (χ1) is 6.29. The Hall–Kier alpha value is -1.37. The fourth-order valence-electron chi connectivity index (χ4n) is 1.59. The van der Waals surface area contributed by atoms with Gasteiger partial charge in [0, 0.05) is 11.6 Å². The molecule has 0 fully saturated rings. The second-order valence-corrected chi connectivity index (χ2v) is 3.58. The zero-order chi connectivity index (χ0) is 9.26. The Labute approximate surface area is 78.4 Å². The van der Waals surface area contributed by atoms with E-state index >= 15 is 0 Å². The van der Waals surface area contributed by atoms with Crippen molar-refractivity contribution >= 4 is 10.9 Å². The molecule has 1 aromatic heterocycles. The maximum Gasteiger partial charge on any atom is 0.0736 e. The van der Waals surface area contributed by atoms with E-state index in [1.165, 1.54) is 10.9 Å². The van der Waals surface area contributed by atoms with Crippen molar-refractivity contribution in [1.29, 1.82) is 0 Å². The lowest BCUT2D eigenvalue weighted by Crippen LogP contribution is -1.90. The van der Waals surface area contributed by atoms with E-state index in [1.54, 1.807) is 0 Å². The van der Waals surface area contributed by atoms with Gasteiger partial charge in [0.15, 0.2) is 0 Å². The minimum Gasteiger partial charge on any atom is -0.256 e. The molecule has 2 rings (SSSR count). The van der Waals surface area contributed by atoms with Crippen LogP contribution in [0.5, 0.6) is 0 Å². The molecule has 2 aromatic rings. The van der Waals surface area contributed by atoms with Gasteiger partial charge in [-0.25, -0.2) is 0 Å². The van der Waals surface area contributed by atoms with E-state index < -0.39 is 0 Å². The minimum atomic E-state index is 0.540. The van der Waals surface area contributed by atoms with Crippen molar-refractivity contribution in [2.45, 2.75) is 19.8 Å². The summed E-state index contributed by atoms with van der Waals surface area (Å²) in [6, 6.07) is 10.4. The second kappa shape index (κ2) is 3.17. The van der Waals surface area contributed by atoms with Crippen LogP contribution >= 0.6 is 0 Å². The molecule has 0 saturated heterocycles. The summed E-state index contributed by atoms with van der Waals surface area (Å²) in [5, 5.41) is 1.23. The summed E-state index contributed by atoms with van der Waals surface area (Å²) in [4.78, 5) is 4.40. The molecule has 0 spiro atoms. The van der Waals surface area contributed by atoms with Crippen LogP contribution in [0.4, 0.5) is 0 Å². The monoisotopic (exact) mass is 171 g/mol. The van der Waals surface area contributed by atoms with Crippen LogP contribution in [-0.4, -0.2) is 4.98 Å². The molecule has 0 radical (unpaired) electrons.